The van der Waals surface area contributed by atoms with Crippen LogP contribution in [0.1, 0.15) is 20.8 Å². The van der Waals surface area contributed by atoms with Crippen molar-refractivity contribution in [2.45, 2.75) is 38.5 Å². The Morgan fingerprint density at radius 1 is 1.08 bits per heavy atom. The van der Waals surface area contributed by atoms with Gasteiger partial charge >= 0.3 is 12.1 Å². The van der Waals surface area contributed by atoms with Crippen LogP contribution in [-0.2, 0) is 28.5 Å². The van der Waals surface area contributed by atoms with Crippen molar-refractivity contribution in [2.75, 3.05) is 34.0 Å². The molecule has 2 atom stereocenters. The summed E-state index contributed by atoms with van der Waals surface area (Å²) in [4.78, 5) is 35.9. The molecule has 0 fully saturated rings. The van der Waals surface area contributed by atoms with Gasteiger partial charge in [0.2, 0.25) is 5.91 Å². The van der Waals surface area contributed by atoms with Gasteiger partial charge in [0.1, 0.15) is 11.6 Å². The maximum atomic E-state index is 12.4. The Balaban J connectivity index is 4.88. The van der Waals surface area contributed by atoms with E-state index in [0.29, 0.717) is 0 Å². The van der Waals surface area contributed by atoms with Crippen molar-refractivity contribution in [3.8, 4) is 0 Å². The van der Waals surface area contributed by atoms with E-state index in [4.69, 9.17) is 14.2 Å². The number of amides is 2. The summed E-state index contributed by atoms with van der Waals surface area (Å²) in [5.41, 5.74) is -0.717. The van der Waals surface area contributed by atoms with Gasteiger partial charge in [-0.2, -0.15) is 0 Å². The normalized spacial score (nSPS) is 13.3. The number of methoxy groups -OCH3 is 2. The zero-order valence-corrected chi connectivity index (χ0v) is 15.4. The van der Waals surface area contributed by atoms with Crippen molar-refractivity contribution in [3.05, 3.63) is 12.7 Å². The Labute approximate surface area is 148 Å². The zero-order valence-electron chi connectivity index (χ0n) is 15.4. The molecule has 0 aromatic carbocycles. The lowest BCUT2D eigenvalue weighted by molar-refractivity contribution is -0.147. The summed E-state index contributed by atoms with van der Waals surface area (Å²) in [5, 5.41) is 4.85. The molecule has 0 saturated heterocycles. The summed E-state index contributed by atoms with van der Waals surface area (Å²) in [6, 6.07) is -2.08. The second kappa shape index (κ2) is 11.4. The molecule has 0 spiro atoms. The van der Waals surface area contributed by atoms with E-state index in [1.54, 1.807) is 20.8 Å². The van der Waals surface area contributed by atoms with Gasteiger partial charge in [0, 0.05) is 7.11 Å². The van der Waals surface area contributed by atoms with Gasteiger partial charge in [-0.1, -0.05) is 6.08 Å². The fourth-order valence-corrected chi connectivity index (χ4v) is 1.65. The van der Waals surface area contributed by atoms with Crippen LogP contribution in [0.2, 0.25) is 0 Å². The summed E-state index contributed by atoms with van der Waals surface area (Å²) in [7, 11) is 2.57. The highest BCUT2D eigenvalue weighted by molar-refractivity contribution is 5.89. The van der Waals surface area contributed by atoms with Gasteiger partial charge in [0.25, 0.3) is 0 Å². The Bertz CT molecular complexity index is 460. The van der Waals surface area contributed by atoms with Crippen molar-refractivity contribution < 1.29 is 33.3 Å². The number of ether oxygens (including phenoxy) is 4. The quantitative estimate of drug-likeness (QED) is 0.329. The minimum absolute atomic E-state index is 0.101. The molecule has 144 valence electrons. The number of carbonyl (C=O) groups excluding carboxylic acids is 3. The first-order valence-electron chi connectivity index (χ1n) is 7.69. The van der Waals surface area contributed by atoms with Gasteiger partial charge in [-0.25, -0.2) is 9.59 Å². The summed E-state index contributed by atoms with van der Waals surface area (Å²) in [6.07, 6.45) is 0.732. The Morgan fingerprint density at radius 2 is 1.72 bits per heavy atom. The van der Waals surface area contributed by atoms with E-state index in [1.807, 2.05) is 0 Å². The molecule has 9 heteroatoms. The summed E-state index contributed by atoms with van der Waals surface area (Å²) < 4.78 is 19.8. The molecule has 0 aromatic rings. The maximum Gasteiger partial charge on any atom is 0.408 e. The molecule has 25 heavy (non-hydrogen) atoms. The van der Waals surface area contributed by atoms with Gasteiger partial charge in [0.05, 0.1) is 26.9 Å². The molecular formula is C16H28N2O7. The molecule has 9 nitrogen and oxygen atoms in total. The summed E-state index contributed by atoms with van der Waals surface area (Å²) in [6.45, 7) is 8.59. The van der Waals surface area contributed by atoms with Crippen LogP contribution in [0.3, 0.4) is 0 Å². The van der Waals surface area contributed by atoms with E-state index in [1.165, 1.54) is 20.3 Å². The molecule has 2 N–H and O–H groups in total. The molecule has 0 aliphatic carbocycles. The van der Waals surface area contributed by atoms with E-state index in [9.17, 15) is 14.4 Å². The highest BCUT2D eigenvalue weighted by Gasteiger charge is 2.29. The number of esters is 1. The summed E-state index contributed by atoms with van der Waals surface area (Å²) >= 11 is 0. The number of rotatable bonds is 10. The number of nitrogens with one attached hydrogen (secondary N) is 2. The monoisotopic (exact) mass is 360 g/mol. The fraction of sp³-hybridized carbons (Fsp3) is 0.688. The lowest BCUT2D eigenvalue weighted by Gasteiger charge is -2.24. The average Bonchev–Trinajstić information content (AvgIpc) is 2.51. The van der Waals surface area contributed by atoms with Gasteiger partial charge < -0.3 is 29.6 Å². The van der Waals surface area contributed by atoms with Crippen LogP contribution in [0, 0.1) is 0 Å². The standard InChI is InChI=1S/C16H28N2O7/c1-7-8-24-10-12(14(20)23-6)17-13(19)11(9-22-5)18-15(21)25-16(2,3)4/h7,11-12H,1,8-10H2,2-6H3,(H,17,19)(H,18,21)/t11-,12-/m0/s1. The second-order valence-electron chi connectivity index (χ2n) is 6.06. The molecule has 2 amide bonds. The minimum Gasteiger partial charge on any atom is -0.467 e. The van der Waals surface area contributed by atoms with Crippen molar-refractivity contribution >= 4 is 18.0 Å². The number of carbonyl (C=O) groups is 3. The first-order chi connectivity index (χ1) is 11.6. The molecule has 0 aromatic heterocycles. The molecule has 0 unspecified atom stereocenters. The Morgan fingerprint density at radius 3 is 2.20 bits per heavy atom. The number of hydrogen-bond acceptors (Lipinski definition) is 7. The first-order valence-corrected chi connectivity index (χ1v) is 7.69. The predicted octanol–water partition coefficient (Wildman–Crippen LogP) is 0.387. The van der Waals surface area contributed by atoms with E-state index in [0.717, 1.165) is 0 Å². The van der Waals surface area contributed by atoms with E-state index < -0.39 is 35.7 Å². The van der Waals surface area contributed by atoms with Gasteiger partial charge in [0.15, 0.2) is 6.04 Å². The van der Waals surface area contributed by atoms with E-state index in [2.05, 4.69) is 21.9 Å². The third-order valence-electron chi connectivity index (χ3n) is 2.66. The van der Waals surface area contributed by atoms with Crippen molar-refractivity contribution in [2.24, 2.45) is 0 Å². The molecular weight excluding hydrogens is 332 g/mol. The van der Waals surface area contributed by atoms with Gasteiger partial charge in [-0.3, -0.25) is 4.79 Å². The van der Waals surface area contributed by atoms with Crippen LogP contribution in [0.4, 0.5) is 4.79 Å². The van der Waals surface area contributed by atoms with Crippen LogP contribution in [0.25, 0.3) is 0 Å². The van der Waals surface area contributed by atoms with E-state index in [-0.39, 0.29) is 19.8 Å². The number of hydrogen-bond donors (Lipinski definition) is 2. The third kappa shape index (κ3) is 10.4. The third-order valence-corrected chi connectivity index (χ3v) is 2.66. The average molecular weight is 360 g/mol. The highest BCUT2D eigenvalue weighted by Crippen LogP contribution is 2.07. The van der Waals surface area contributed by atoms with Crippen LogP contribution in [0.15, 0.2) is 12.7 Å². The van der Waals surface area contributed by atoms with Crippen molar-refractivity contribution in [1.29, 1.82) is 0 Å². The largest absolute Gasteiger partial charge is 0.467 e. The minimum atomic E-state index is -1.05. The molecule has 0 radical (unpaired) electrons. The number of alkyl carbamates (subject to hydrolysis) is 1. The van der Waals surface area contributed by atoms with Gasteiger partial charge in [-0.15, -0.1) is 6.58 Å². The molecule has 0 saturated carbocycles. The molecule has 0 bridgehead atoms. The highest BCUT2D eigenvalue weighted by atomic mass is 16.6. The van der Waals surface area contributed by atoms with Gasteiger partial charge in [-0.05, 0) is 20.8 Å². The summed E-state index contributed by atoms with van der Waals surface area (Å²) in [5.74, 6) is -1.31. The molecule has 0 aliphatic rings. The smallest absolute Gasteiger partial charge is 0.408 e. The van der Waals surface area contributed by atoms with E-state index >= 15 is 0 Å². The topological polar surface area (TPSA) is 112 Å². The second-order valence-corrected chi connectivity index (χ2v) is 6.06. The van der Waals surface area contributed by atoms with Crippen LogP contribution < -0.4 is 10.6 Å². The first kappa shape index (κ1) is 22.9. The zero-order chi connectivity index (χ0) is 19.5. The van der Waals surface area contributed by atoms with Crippen molar-refractivity contribution in [3.63, 3.8) is 0 Å². The molecule has 0 rings (SSSR count). The van der Waals surface area contributed by atoms with Crippen LogP contribution >= 0.6 is 0 Å². The van der Waals surface area contributed by atoms with Crippen LogP contribution in [0.5, 0.6) is 0 Å². The van der Waals surface area contributed by atoms with Crippen molar-refractivity contribution in [1.82, 2.24) is 10.6 Å². The Kier molecular flexibility index (Phi) is 10.5. The maximum absolute atomic E-state index is 12.4. The molecule has 0 aliphatic heterocycles. The Hall–Kier alpha value is -2.13. The fourth-order valence-electron chi connectivity index (χ4n) is 1.65. The lowest BCUT2D eigenvalue weighted by atomic mass is 10.2. The predicted molar refractivity (Wildman–Crippen MR) is 90.0 cm³/mol. The lowest BCUT2D eigenvalue weighted by Crippen LogP contribution is -2.55. The van der Waals surface area contributed by atoms with Crippen LogP contribution in [-0.4, -0.2) is 69.7 Å². The SMILES string of the molecule is C=CCOC[C@H](NC(=O)[C@H](COC)NC(=O)OC(C)(C)C)C(=O)OC. The molecule has 0 heterocycles.